The van der Waals surface area contributed by atoms with E-state index in [4.69, 9.17) is 18.6 Å². The third-order valence-corrected chi connectivity index (χ3v) is 5.07. The van der Waals surface area contributed by atoms with Crippen LogP contribution in [0.15, 0.2) is 46.9 Å². The molecule has 2 aliphatic rings. The molecule has 5 rings (SSSR count). The normalized spacial score (nSPS) is 17.7. The molecule has 8 nitrogen and oxygen atoms in total. The molecule has 2 N–H and O–H groups in total. The number of nitrogens with one attached hydrogen (secondary N) is 2. The molecule has 154 valence electrons. The third-order valence-electron chi connectivity index (χ3n) is 5.07. The van der Waals surface area contributed by atoms with Crippen molar-refractivity contribution < 1.29 is 28.2 Å². The molecule has 8 heteroatoms. The lowest BCUT2D eigenvalue weighted by molar-refractivity contribution is -0.124. The van der Waals surface area contributed by atoms with E-state index in [1.54, 1.807) is 36.4 Å². The van der Waals surface area contributed by atoms with Gasteiger partial charge in [0.05, 0.1) is 0 Å². The number of para-hydroxylation sites is 1. The number of furan rings is 1. The largest absolute Gasteiger partial charge is 0.486 e. The van der Waals surface area contributed by atoms with Crippen molar-refractivity contribution in [3.05, 3.63) is 48.2 Å². The predicted octanol–water partition coefficient (Wildman–Crippen LogP) is 3.57. The first kappa shape index (κ1) is 18.5. The van der Waals surface area contributed by atoms with Gasteiger partial charge in [-0.1, -0.05) is 12.1 Å². The van der Waals surface area contributed by atoms with Crippen molar-refractivity contribution in [1.82, 2.24) is 0 Å². The fourth-order valence-electron chi connectivity index (χ4n) is 3.63. The fraction of sp³-hybridized carbons (Fsp3) is 0.273. The molecule has 30 heavy (non-hydrogen) atoms. The number of rotatable bonds is 4. The highest BCUT2D eigenvalue weighted by molar-refractivity contribution is 6.15. The summed E-state index contributed by atoms with van der Waals surface area (Å²) in [7, 11) is 0. The molecule has 0 radical (unpaired) electrons. The zero-order valence-electron chi connectivity index (χ0n) is 16.1. The Morgan fingerprint density at radius 2 is 1.77 bits per heavy atom. The van der Waals surface area contributed by atoms with E-state index in [0.717, 1.165) is 6.42 Å². The lowest BCUT2D eigenvalue weighted by Crippen LogP contribution is -2.27. The summed E-state index contributed by atoms with van der Waals surface area (Å²) in [5, 5.41) is 6.28. The molecule has 1 atom stereocenters. The van der Waals surface area contributed by atoms with Crippen molar-refractivity contribution >= 4 is 34.2 Å². The monoisotopic (exact) mass is 408 g/mol. The van der Waals surface area contributed by atoms with Crippen LogP contribution >= 0.6 is 0 Å². The van der Waals surface area contributed by atoms with E-state index < -0.39 is 12.0 Å². The van der Waals surface area contributed by atoms with Gasteiger partial charge in [0.1, 0.15) is 30.6 Å². The van der Waals surface area contributed by atoms with Crippen LogP contribution in [0, 0.1) is 0 Å². The molecule has 1 unspecified atom stereocenters. The number of amides is 2. The van der Waals surface area contributed by atoms with Crippen LogP contribution in [-0.4, -0.2) is 37.7 Å². The fourth-order valence-corrected chi connectivity index (χ4v) is 3.63. The summed E-state index contributed by atoms with van der Waals surface area (Å²) < 4.78 is 22.3. The van der Waals surface area contributed by atoms with E-state index in [0.29, 0.717) is 60.1 Å². The number of carbonyl (C=O) groups excluding carboxylic acids is 2. The molecule has 3 heterocycles. The zero-order valence-corrected chi connectivity index (χ0v) is 16.1. The minimum atomic E-state index is -0.521. The Balaban J connectivity index is 1.44. The van der Waals surface area contributed by atoms with E-state index in [-0.39, 0.29) is 11.7 Å². The van der Waals surface area contributed by atoms with Gasteiger partial charge in [-0.2, -0.15) is 0 Å². The van der Waals surface area contributed by atoms with Gasteiger partial charge in [-0.25, -0.2) is 0 Å². The highest BCUT2D eigenvalue weighted by Crippen LogP contribution is 2.35. The molecular formula is C22H20N2O6. The summed E-state index contributed by atoms with van der Waals surface area (Å²) in [5.74, 6) is 0.457. The Morgan fingerprint density at radius 1 is 0.933 bits per heavy atom. The van der Waals surface area contributed by atoms with Crippen LogP contribution in [0.3, 0.4) is 0 Å². The lowest BCUT2D eigenvalue weighted by Gasteiger charge is -2.19. The molecular weight excluding hydrogens is 388 g/mol. The summed E-state index contributed by atoms with van der Waals surface area (Å²) >= 11 is 0. The second-order valence-corrected chi connectivity index (χ2v) is 7.11. The zero-order chi connectivity index (χ0) is 20.5. The minimum absolute atomic E-state index is 0.0254. The molecule has 3 aromatic rings. The second kappa shape index (κ2) is 7.72. The molecule has 1 aromatic heterocycles. The van der Waals surface area contributed by atoms with Gasteiger partial charge in [0.15, 0.2) is 11.5 Å². The summed E-state index contributed by atoms with van der Waals surface area (Å²) in [6.45, 7) is 1.50. The lowest BCUT2D eigenvalue weighted by atomic mass is 10.2. The van der Waals surface area contributed by atoms with Crippen molar-refractivity contribution in [1.29, 1.82) is 0 Å². The Morgan fingerprint density at radius 3 is 2.60 bits per heavy atom. The van der Waals surface area contributed by atoms with Gasteiger partial charge in [0, 0.05) is 23.7 Å². The summed E-state index contributed by atoms with van der Waals surface area (Å²) in [5.41, 5.74) is 1.37. The van der Waals surface area contributed by atoms with Gasteiger partial charge < -0.3 is 29.3 Å². The number of ether oxygens (including phenoxy) is 3. The molecule has 0 spiro atoms. The number of anilines is 2. The highest BCUT2D eigenvalue weighted by Gasteiger charge is 2.28. The number of hydrogen-bond donors (Lipinski definition) is 2. The van der Waals surface area contributed by atoms with Gasteiger partial charge in [-0.05, 0) is 37.1 Å². The molecule has 0 saturated carbocycles. The van der Waals surface area contributed by atoms with Crippen molar-refractivity contribution in [3.8, 4) is 11.5 Å². The number of carbonyl (C=O) groups is 2. The Labute approximate surface area is 172 Å². The van der Waals surface area contributed by atoms with Crippen molar-refractivity contribution in [2.24, 2.45) is 0 Å². The van der Waals surface area contributed by atoms with Crippen molar-refractivity contribution in [3.63, 3.8) is 0 Å². The van der Waals surface area contributed by atoms with E-state index >= 15 is 0 Å². The Kier molecular flexibility index (Phi) is 4.76. The first-order valence-electron chi connectivity index (χ1n) is 9.84. The van der Waals surface area contributed by atoms with Gasteiger partial charge in [-0.15, -0.1) is 0 Å². The molecule has 2 aliphatic heterocycles. The maximum atomic E-state index is 13.0. The van der Waals surface area contributed by atoms with E-state index in [9.17, 15) is 9.59 Å². The van der Waals surface area contributed by atoms with E-state index in [2.05, 4.69) is 10.6 Å². The minimum Gasteiger partial charge on any atom is -0.486 e. The third kappa shape index (κ3) is 3.46. The molecule has 1 fully saturated rings. The quantitative estimate of drug-likeness (QED) is 0.685. The van der Waals surface area contributed by atoms with Crippen LogP contribution < -0.4 is 20.1 Å². The Hall–Kier alpha value is -3.52. The van der Waals surface area contributed by atoms with Gasteiger partial charge >= 0.3 is 0 Å². The molecule has 2 aromatic carbocycles. The van der Waals surface area contributed by atoms with Gasteiger partial charge in [0.25, 0.3) is 11.8 Å². The van der Waals surface area contributed by atoms with Crippen LogP contribution in [0.1, 0.15) is 23.4 Å². The smallest absolute Gasteiger partial charge is 0.293 e. The first-order chi connectivity index (χ1) is 14.7. The first-order valence-corrected chi connectivity index (χ1v) is 9.84. The average Bonchev–Trinajstić information content (AvgIpc) is 3.42. The van der Waals surface area contributed by atoms with Crippen LogP contribution in [-0.2, 0) is 9.53 Å². The average molecular weight is 408 g/mol. The number of hydrogen-bond acceptors (Lipinski definition) is 6. The molecule has 0 bridgehead atoms. The van der Waals surface area contributed by atoms with Crippen molar-refractivity contribution in [2.45, 2.75) is 18.9 Å². The molecule has 1 saturated heterocycles. The van der Waals surface area contributed by atoms with Crippen molar-refractivity contribution in [2.75, 3.05) is 30.5 Å². The second-order valence-electron chi connectivity index (χ2n) is 7.11. The summed E-state index contributed by atoms with van der Waals surface area (Å²) in [6.07, 6.45) is 0.967. The number of fused-ring (bicyclic) bond motifs is 2. The standard InChI is InChI=1S/C22H20N2O6/c25-21(17-6-3-9-27-17)24-19-14-4-1-2-5-15(14)30-20(19)22(26)23-13-7-8-16-18(12-13)29-11-10-28-16/h1-2,4-5,7-8,12,17H,3,6,9-11H2,(H,23,26)(H,24,25). The van der Waals surface area contributed by atoms with Crippen LogP contribution in [0.5, 0.6) is 11.5 Å². The molecule has 0 aliphatic carbocycles. The number of benzene rings is 2. The molecule has 2 amide bonds. The van der Waals surface area contributed by atoms with E-state index in [1.807, 2.05) is 6.07 Å². The summed E-state index contributed by atoms with van der Waals surface area (Å²) in [6, 6.07) is 12.3. The Bertz CT molecular complexity index is 1120. The van der Waals surface area contributed by atoms with E-state index in [1.165, 1.54) is 0 Å². The van der Waals surface area contributed by atoms with Gasteiger partial charge in [0.2, 0.25) is 5.76 Å². The van der Waals surface area contributed by atoms with Crippen LogP contribution in [0.2, 0.25) is 0 Å². The maximum Gasteiger partial charge on any atom is 0.293 e. The SMILES string of the molecule is O=C(Nc1ccc2c(c1)OCCO2)c1oc2ccccc2c1NC(=O)C1CCCO1. The van der Waals surface area contributed by atoms with Crippen LogP contribution in [0.25, 0.3) is 11.0 Å². The highest BCUT2D eigenvalue weighted by atomic mass is 16.6. The van der Waals surface area contributed by atoms with Crippen LogP contribution in [0.4, 0.5) is 11.4 Å². The topological polar surface area (TPSA) is 99.0 Å². The predicted molar refractivity (Wildman–Crippen MR) is 109 cm³/mol. The maximum absolute atomic E-state index is 13.0. The summed E-state index contributed by atoms with van der Waals surface area (Å²) in [4.78, 5) is 25.6. The van der Waals surface area contributed by atoms with Gasteiger partial charge in [-0.3, -0.25) is 9.59 Å².